The minimum absolute atomic E-state index is 0.158. The predicted octanol–water partition coefficient (Wildman–Crippen LogP) is 7.47. The van der Waals surface area contributed by atoms with E-state index in [1.807, 2.05) is 42.5 Å². The van der Waals surface area contributed by atoms with Crippen LogP contribution in [0.3, 0.4) is 0 Å². The third-order valence-electron chi connectivity index (χ3n) is 6.38. The van der Waals surface area contributed by atoms with E-state index < -0.39 is 0 Å². The van der Waals surface area contributed by atoms with Gasteiger partial charge in [0, 0.05) is 53.4 Å². The molecule has 2 aromatic heterocycles. The van der Waals surface area contributed by atoms with Gasteiger partial charge in [0.25, 0.3) is 0 Å². The highest BCUT2D eigenvalue weighted by Gasteiger charge is 2.31. The Bertz CT molecular complexity index is 1470. The number of aromatic amines is 1. The number of fused-ring (bicyclic) bond motifs is 1. The Morgan fingerprint density at radius 2 is 1.89 bits per heavy atom. The molecule has 1 atom stereocenters. The number of Topliss-reactive ketones (excluding diaryl/α,β-unsaturated/α-hetero) is 1. The molecular weight excluding hydrogens is 525 g/mol. The molecule has 2 aromatic carbocycles. The second-order valence-corrected chi connectivity index (χ2v) is 11.1. The smallest absolute Gasteiger partial charge is 0.222 e. The van der Waals surface area contributed by atoms with Gasteiger partial charge in [0.1, 0.15) is 5.82 Å². The average molecular weight is 551 g/mol. The molecule has 5 rings (SSSR count). The summed E-state index contributed by atoms with van der Waals surface area (Å²) in [7, 11) is 0. The van der Waals surface area contributed by atoms with E-state index in [-0.39, 0.29) is 17.6 Å². The lowest BCUT2D eigenvalue weighted by Gasteiger charge is -2.22. The number of pyridine rings is 1. The first-order valence-corrected chi connectivity index (χ1v) is 13.7. The molecule has 1 aliphatic carbocycles. The van der Waals surface area contributed by atoms with Crippen LogP contribution in [-0.2, 0) is 17.6 Å². The zero-order valence-electron chi connectivity index (χ0n) is 20.2. The molecule has 0 radical (unpaired) electrons. The molecular formula is C29H25Cl2N3O2S. The number of anilines is 1. The first-order chi connectivity index (χ1) is 17.9. The maximum atomic E-state index is 13.5. The second-order valence-electron chi connectivity index (χ2n) is 9.19. The lowest BCUT2D eigenvalue weighted by atomic mass is 9.84. The summed E-state index contributed by atoms with van der Waals surface area (Å²) in [6.45, 7) is 1.46. The Balaban J connectivity index is 1.47. The Kier molecular flexibility index (Phi) is 7.70. The molecule has 0 bridgehead atoms. The lowest BCUT2D eigenvalue weighted by Crippen LogP contribution is -2.22. The summed E-state index contributed by atoms with van der Waals surface area (Å²) in [4.78, 5) is 34.0. The van der Waals surface area contributed by atoms with Crippen LogP contribution in [0.4, 0.5) is 5.82 Å². The van der Waals surface area contributed by atoms with Crippen LogP contribution in [0, 0.1) is 5.92 Å². The third kappa shape index (κ3) is 5.93. The summed E-state index contributed by atoms with van der Waals surface area (Å²) in [5, 5.41) is 3.82. The Labute approximate surface area is 230 Å². The van der Waals surface area contributed by atoms with Gasteiger partial charge in [-0.15, -0.1) is 11.8 Å². The molecule has 1 aliphatic rings. The van der Waals surface area contributed by atoms with Crippen molar-refractivity contribution in [3.8, 4) is 11.3 Å². The summed E-state index contributed by atoms with van der Waals surface area (Å²) in [6.07, 6.45) is 3.58. The fourth-order valence-corrected chi connectivity index (χ4v) is 6.16. The normalized spacial score (nSPS) is 14.9. The fourth-order valence-electron chi connectivity index (χ4n) is 4.77. The van der Waals surface area contributed by atoms with Crippen molar-refractivity contribution in [2.45, 2.75) is 31.1 Å². The largest absolute Gasteiger partial charge is 0.358 e. The summed E-state index contributed by atoms with van der Waals surface area (Å²) in [6, 6.07) is 19.5. The van der Waals surface area contributed by atoms with Crippen LogP contribution in [0.15, 0.2) is 71.8 Å². The third-order valence-corrected chi connectivity index (χ3v) is 8.34. The quantitative estimate of drug-likeness (QED) is 0.234. The van der Waals surface area contributed by atoms with Crippen LogP contribution < -0.4 is 5.32 Å². The van der Waals surface area contributed by atoms with Crippen LogP contribution in [0.25, 0.3) is 11.3 Å². The van der Waals surface area contributed by atoms with Gasteiger partial charge in [-0.05, 0) is 53.8 Å². The van der Waals surface area contributed by atoms with Crippen LogP contribution in [0.1, 0.15) is 40.5 Å². The number of thioether (sulfide) groups is 1. The number of aromatic nitrogens is 2. The van der Waals surface area contributed by atoms with Crippen LogP contribution in [-0.4, -0.2) is 27.4 Å². The highest BCUT2D eigenvalue weighted by Crippen LogP contribution is 2.38. The lowest BCUT2D eigenvalue weighted by molar-refractivity contribution is -0.114. The summed E-state index contributed by atoms with van der Waals surface area (Å²) in [5.74, 6) is 1.45. The van der Waals surface area contributed by atoms with Crippen molar-refractivity contribution < 1.29 is 9.59 Å². The number of carbonyl (C=O) groups is 2. The van der Waals surface area contributed by atoms with E-state index in [2.05, 4.69) is 27.4 Å². The monoisotopic (exact) mass is 549 g/mol. The number of H-pyrrole nitrogens is 1. The Morgan fingerprint density at radius 3 is 2.65 bits per heavy atom. The number of carbonyl (C=O) groups excluding carboxylic acids is 2. The van der Waals surface area contributed by atoms with Crippen molar-refractivity contribution in [1.29, 1.82) is 0 Å². The highest BCUT2D eigenvalue weighted by molar-refractivity contribution is 7.99. The molecule has 1 unspecified atom stereocenters. The zero-order chi connectivity index (χ0) is 25.9. The van der Waals surface area contributed by atoms with Crippen molar-refractivity contribution in [1.82, 2.24) is 9.97 Å². The topological polar surface area (TPSA) is 74.8 Å². The van der Waals surface area contributed by atoms with E-state index in [0.717, 1.165) is 50.7 Å². The first kappa shape index (κ1) is 25.6. The van der Waals surface area contributed by atoms with Gasteiger partial charge in [0.2, 0.25) is 5.91 Å². The number of nitrogens with one attached hydrogen (secondary N) is 2. The predicted molar refractivity (Wildman–Crippen MR) is 151 cm³/mol. The molecule has 0 saturated heterocycles. The average Bonchev–Trinajstić information content (AvgIpc) is 3.24. The molecule has 4 aromatic rings. The molecule has 1 amide bonds. The van der Waals surface area contributed by atoms with Gasteiger partial charge in [0.15, 0.2) is 5.78 Å². The van der Waals surface area contributed by atoms with Crippen LogP contribution in [0.2, 0.25) is 10.0 Å². The highest BCUT2D eigenvalue weighted by atomic mass is 35.5. The van der Waals surface area contributed by atoms with Crippen molar-refractivity contribution in [2.75, 3.05) is 11.1 Å². The van der Waals surface area contributed by atoms with E-state index >= 15 is 0 Å². The van der Waals surface area contributed by atoms with Crippen molar-refractivity contribution >= 4 is 52.5 Å². The number of nitrogens with zero attached hydrogens (tertiary/aromatic N) is 1. The van der Waals surface area contributed by atoms with E-state index in [0.29, 0.717) is 28.7 Å². The van der Waals surface area contributed by atoms with E-state index in [1.54, 1.807) is 24.0 Å². The van der Waals surface area contributed by atoms with Gasteiger partial charge in [-0.2, -0.15) is 0 Å². The summed E-state index contributed by atoms with van der Waals surface area (Å²) in [5.41, 5.74) is 5.67. The summed E-state index contributed by atoms with van der Waals surface area (Å²) >= 11 is 13.9. The molecule has 2 heterocycles. The van der Waals surface area contributed by atoms with Crippen molar-refractivity contribution in [3.63, 3.8) is 0 Å². The van der Waals surface area contributed by atoms with E-state index in [4.69, 9.17) is 23.2 Å². The van der Waals surface area contributed by atoms with Crippen LogP contribution in [0.5, 0.6) is 0 Å². The van der Waals surface area contributed by atoms with Gasteiger partial charge in [-0.25, -0.2) is 4.98 Å². The van der Waals surface area contributed by atoms with Gasteiger partial charge in [-0.1, -0.05) is 53.5 Å². The Hall–Kier alpha value is -3.06. The number of amides is 1. The molecule has 0 saturated carbocycles. The maximum Gasteiger partial charge on any atom is 0.222 e. The standard InChI is InChI=1S/C29H25Cl2N3O2S/c1-17(35)33-27-14-20(9-10-32-27)29-22(11-18-5-3-2-4-6-18)28-25(34-29)12-19(13-26(28)36)16-37-21-7-8-23(30)24(31)15-21/h2-10,14-15,19,34H,11-13,16H2,1H3,(H,32,33,35). The molecule has 0 fully saturated rings. The molecule has 2 N–H and O–H groups in total. The number of halogens is 2. The zero-order valence-corrected chi connectivity index (χ0v) is 22.5. The number of rotatable bonds is 7. The number of hydrogen-bond acceptors (Lipinski definition) is 4. The molecule has 0 spiro atoms. The van der Waals surface area contributed by atoms with Gasteiger partial charge in [0.05, 0.1) is 15.7 Å². The molecule has 188 valence electrons. The molecule has 5 nitrogen and oxygen atoms in total. The molecule has 8 heteroatoms. The maximum absolute atomic E-state index is 13.5. The number of hydrogen-bond donors (Lipinski definition) is 2. The van der Waals surface area contributed by atoms with Crippen molar-refractivity contribution in [3.05, 3.63) is 99.3 Å². The minimum Gasteiger partial charge on any atom is -0.358 e. The number of ketones is 1. The van der Waals surface area contributed by atoms with E-state index in [9.17, 15) is 9.59 Å². The second kappa shape index (κ2) is 11.1. The van der Waals surface area contributed by atoms with E-state index in [1.165, 1.54) is 6.92 Å². The van der Waals surface area contributed by atoms with Gasteiger partial charge >= 0.3 is 0 Å². The summed E-state index contributed by atoms with van der Waals surface area (Å²) < 4.78 is 0. The van der Waals surface area contributed by atoms with Crippen molar-refractivity contribution in [2.24, 2.45) is 5.92 Å². The SMILES string of the molecule is CC(=O)Nc1cc(-c2[nH]c3c(c2Cc2ccccc2)C(=O)CC(CSc2ccc(Cl)c(Cl)c2)C3)ccn1. The molecule has 37 heavy (non-hydrogen) atoms. The molecule has 0 aliphatic heterocycles. The first-order valence-electron chi connectivity index (χ1n) is 12.0. The van der Waals surface area contributed by atoms with Gasteiger partial charge in [-0.3, -0.25) is 9.59 Å². The van der Waals surface area contributed by atoms with Crippen LogP contribution >= 0.6 is 35.0 Å². The minimum atomic E-state index is -0.183. The Morgan fingerprint density at radius 1 is 1.08 bits per heavy atom. The fraction of sp³-hybridized carbons (Fsp3) is 0.207. The van der Waals surface area contributed by atoms with Gasteiger partial charge < -0.3 is 10.3 Å². The number of benzene rings is 2.